The maximum absolute atomic E-state index is 10.0. The van der Waals surface area contributed by atoms with Gasteiger partial charge in [-0.3, -0.25) is 0 Å². The molecule has 80 valence electrons. The minimum atomic E-state index is 0.223. The molecule has 1 heterocycles. The summed E-state index contributed by atoms with van der Waals surface area (Å²) in [5.74, 6) is 0. The number of fused-ring (bicyclic) bond motifs is 1. The molecule has 0 atom stereocenters. The SMILES string of the molecule is O=C=NCc1ccc2nc(Cl)ccc2c1Cl. The smallest absolute Gasteiger partial charge is 0.235 e. The lowest BCUT2D eigenvalue weighted by molar-refractivity contribution is 0.563. The van der Waals surface area contributed by atoms with Crippen LogP contribution in [0.5, 0.6) is 0 Å². The molecule has 0 spiro atoms. The fourth-order valence-electron chi connectivity index (χ4n) is 1.43. The van der Waals surface area contributed by atoms with Crippen molar-refractivity contribution in [1.29, 1.82) is 0 Å². The Bertz CT molecular complexity index is 592. The van der Waals surface area contributed by atoms with E-state index in [0.717, 1.165) is 16.5 Å². The number of rotatable bonds is 2. The molecule has 0 saturated carbocycles. The fraction of sp³-hybridized carbons (Fsp3) is 0.0909. The van der Waals surface area contributed by atoms with E-state index in [2.05, 4.69) is 9.98 Å². The first-order chi connectivity index (χ1) is 7.72. The molecule has 16 heavy (non-hydrogen) atoms. The summed E-state index contributed by atoms with van der Waals surface area (Å²) in [6.07, 6.45) is 1.48. The molecular weight excluding hydrogens is 247 g/mol. The zero-order chi connectivity index (χ0) is 11.5. The minimum Gasteiger partial charge on any atom is -0.236 e. The first-order valence-corrected chi connectivity index (χ1v) is 5.25. The van der Waals surface area contributed by atoms with Gasteiger partial charge in [0.05, 0.1) is 17.1 Å². The Balaban J connectivity index is 2.60. The van der Waals surface area contributed by atoms with Crippen molar-refractivity contribution in [1.82, 2.24) is 4.98 Å². The molecule has 2 rings (SSSR count). The number of carbonyl (C=O) groups excluding carboxylic acids is 1. The average molecular weight is 253 g/mol. The van der Waals surface area contributed by atoms with E-state index in [1.54, 1.807) is 24.3 Å². The fourth-order valence-corrected chi connectivity index (χ4v) is 1.86. The third-order valence-corrected chi connectivity index (χ3v) is 2.82. The topological polar surface area (TPSA) is 42.3 Å². The van der Waals surface area contributed by atoms with Gasteiger partial charge in [-0.25, -0.2) is 14.8 Å². The van der Waals surface area contributed by atoms with Gasteiger partial charge in [-0.05, 0) is 23.8 Å². The van der Waals surface area contributed by atoms with Gasteiger partial charge in [0.15, 0.2) is 0 Å². The van der Waals surface area contributed by atoms with E-state index in [1.165, 1.54) is 6.08 Å². The molecule has 0 unspecified atom stereocenters. The van der Waals surface area contributed by atoms with Gasteiger partial charge in [0.1, 0.15) is 5.15 Å². The van der Waals surface area contributed by atoms with Crippen molar-refractivity contribution in [3.8, 4) is 0 Å². The summed E-state index contributed by atoms with van der Waals surface area (Å²) in [6, 6.07) is 7.03. The summed E-state index contributed by atoms with van der Waals surface area (Å²) in [6.45, 7) is 0.223. The molecule has 1 aromatic heterocycles. The Kier molecular flexibility index (Phi) is 3.20. The lowest BCUT2D eigenvalue weighted by Gasteiger charge is -2.04. The van der Waals surface area contributed by atoms with E-state index in [-0.39, 0.29) is 6.54 Å². The van der Waals surface area contributed by atoms with Crippen LogP contribution >= 0.6 is 23.2 Å². The van der Waals surface area contributed by atoms with E-state index in [1.807, 2.05) is 0 Å². The Morgan fingerprint density at radius 2 is 2.06 bits per heavy atom. The molecule has 0 aliphatic rings. The van der Waals surface area contributed by atoms with Crippen LogP contribution in [0.3, 0.4) is 0 Å². The molecule has 0 saturated heterocycles. The molecule has 0 amide bonds. The Hall–Kier alpha value is -1.41. The van der Waals surface area contributed by atoms with Crippen LogP contribution in [-0.4, -0.2) is 11.1 Å². The number of pyridine rings is 1. The van der Waals surface area contributed by atoms with Crippen LogP contribution in [0, 0.1) is 0 Å². The Morgan fingerprint density at radius 1 is 1.25 bits per heavy atom. The van der Waals surface area contributed by atoms with Crippen LogP contribution in [0.4, 0.5) is 0 Å². The third kappa shape index (κ3) is 2.07. The van der Waals surface area contributed by atoms with Crippen LogP contribution in [0.1, 0.15) is 5.56 Å². The van der Waals surface area contributed by atoms with E-state index in [4.69, 9.17) is 23.2 Å². The van der Waals surface area contributed by atoms with Crippen molar-refractivity contribution < 1.29 is 4.79 Å². The van der Waals surface area contributed by atoms with Crippen molar-refractivity contribution in [3.63, 3.8) is 0 Å². The second-order valence-electron chi connectivity index (χ2n) is 3.15. The number of aliphatic imine (C=N–C) groups is 1. The molecule has 0 fully saturated rings. The standard InChI is InChI=1S/C11H6Cl2N2O/c12-10-4-2-8-9(15-10)3-1-7(11(8)13)5-14-6-16/h1-4H,5H2. The monoisotopic (exact) mass is 252 g/mol. The highest BCUT2D eigenvalue weighted by Gasteiger charge is 2.06. The van der Waals surface area contributed by atoms with E-state index in [9.17, 15) is 4.79 Å². The zero-order valence-corrected chi connectivity index (χ0v) is 9.59. The van der Waals surface area contributed by atoms with Crippen molar-refractivity contribution in [3.05, 3.63) is 40.0 Å². The molecule has 0 radical (unpaired) electrons. The first-order valence-electron chi connectivity index (χ1n) is 4.49. The highest BCUT2D eigenvalue weighted by molar-refractivity contribution is 6.36. The summed E-state index contributed by atoms with van der Waals surface area (Å²) in [4.78, 5) is 17.7. The van der Waals surface area contributed by atoms with Crippen LogP contribution < -0.4 is 0 Å². The number of hydrogen-bond donors (Lipinski definition) is 0. The maximum atomic E-state index is 10.0. The molecule has 5 heteroatoms. The normalized spacial score (nSPS) is 10.1. The van der Waals surface area contributed by atoms with Crippen LogP contribution in [-0.2, 0) is 11.3 Å². The van der Waals surface area contributed by atoms with Crippen molar-refractivity contribution >= 4 is 40.2 Å². The Labute approximate surface area is 102 Å². The van der Waals surface area contributed by atoms with Crippen LogP contribution in [0.15, 0.2) is 29.3 Å². The van der Waals surface area contributed by atoms with E-state index >= 15 is 0 Å². The zero-order valence-electron chi connectivity index (χ0n) is 8.08. The van der Waals surface area contributed by atoms with Gasteiger partial charge in [0, 0.05) is 5.39 Å². The number of isocyanates is 1. The molecule has 2 aromatic rings. The number of hydrogen-bond acceptors (Lipinski definition) is 3. The van der Waals surface area contributed by atoms with Crippen LogP contribution in [0.25, 0.3) is 10.9 Å². The second-order valence-corrected chi connectivity index (χ2v) is 3.91. The van der Waals surface area contributed by atoms with Crippen LogP contribution in [0.2, 0.25) is 10.2 Å². The summed E-state index contributed by atoms with van der Waals surface area (Å²) in [7, 11) is 0. The molecule has 0 aliphatic heterocycles. The summed E-state index contributed by atoms with van der Waals surface area (Å²) in [5.41, 5.74) is 1.48. The highest BCUT2D eigenvalue weighted by Crippen LogP contribution is 2.27. The first kappa shape index (κ1) is 11.1. The van der Waals surface area contributed by atoms with Gasteiger partial charge in [-0.15, -0.1) is 0 Å². The lowest BCUT2D eigenvalue weighted by Crippen LogP contribution is -1.87. The number of halogens is 2. The van der Waals surface area contributed by atoms with Gasteiger partial charge in [0.2, 0.25) is 6.08 Å². The molecule has 0 aliphatic carbocycles. The average Bonchev–Trinajstić information content (AvgIpc) is 2.28. The molecule has 0 bridgehead atoms. The van der Waals surface area contributed by atoms with E-state index < -0.39 is 0 Å². The van der Waals surface area contributed by atoms with Gasteiger partial charge in [-0.1, -0.05) is 29.3 Å². The van der Waals surface area contributed by atoms with Crippen molar-refractivity contribution in [2.45, 2.75) is 6.54 Å². The molecular formula is C11H6Cl2N2O. The Morgan fingerprint density at radius 3 is 2.81 bits per heavy atom. The number of aromatic nitrogens is 1. The van der Waals surface area contributed by atoms with Gasteiger partial charge < -0.3 is 0 Å². The predicted molar refractivity (Wildman–Crippen MR) is 63.6 cm³/mol. The molecule has 0 N–H and O–H groups in total. The minimum absolute atomic E-state index is 0.223. The lowest BCUT2D eigenvalue weighted by atomic mass is 10.1. The number of benzene rings is 1. The molecule has 3 nitrogen and oxygen atoms in total. The summed E-state index contributed by atoms with van der Waals surface area (Å²) in [5, 5.41) is 1.76. The van der Waals surface area contributed by atoms with Gasteiger partial charge >= 0.3 is 0 Å². The van der Waals surface area contributed by atoms with Gasteiger partial charge in [0.25, 0.3) is 0 Å². The quantitative estimate of drug-likeness (QED) is 0.467. The second kappa shape index (κ2) is 4.62. The van der Waals surface area contributed by atoms with Crippen molar-refractivity contribution in [2.75, 3.05) is 0 Å². The predicted octanol–water partition coefficient (Wildman–Crippen LogP) is 3.38. The van der Waals surface area contributed by atoms with Crippen molar-refractivity contribution in [2.24, 2.45) is 4.99 Å². The third-order valence-electron chi connectivity index (χ3n) is 2.17. The molecule has 1 aromatic carbocycles. The maximum Gasteiger partial charge on any atom is 0.235 e. The summed E-state index contributed by atoms with van der Waals surface area (Å²) < 4.78 is 0. The summed E-state index contributed by atoms with van der Waals surface area (Å²) >= 11 is 11.9. The van der Waals surface area contributed by atoms with Gasteiger partial charge in [-0.2, -0.15) is 0 Å². The highest BCUT2D eigenvalue weighted by atomic mass is 35.5. The largest absolute Gasteiger partial charge is 0.236 e. The van der Waals surface area contributed by atoms with E-state index in [0.29, 0.717) is 10.2 Å². The number of nitrogens with zero attached hydrogens (tertiary/aromatic N) is 2.